The topological polar surface area (TPSA) is 81.1 Å². The average Bonchev–Trinajstić information content (AvgIpc) is 2.38. The van der Waals surface area contributed by atoms with E-state index in [1.54, 1.807) is 18.2 Å². The Morgan fingerprint density at radius 3 is 2.14 bits per heavy atom. The van der Waals surface area contributed by atoms with Crippen molar-refractivity contribution in [1.82, 2.24) is 0 Å². The van der Waals surface area contributed by atoms with Gasteiger partial charge in [-0.15, -0.1) is 0 Å². The third-order valence-electron chi connectivity index (χ3n) is 3.33. The van der Waals surface area contributed by atoms with Gasteiger partial charge in [-0.1, -0.05) is 32.9 Å². The number of amides is 1. The fourth-order valence-corrected chi connectivity index (χ4v) is 2.04. The van der Waals surface area contributed by atoms with Gasteiger partial charge in [-0.05, 0) is 41.3 Å². The summed E-state index contributed by atoms with van der Waals surface area (Å²) in [5, 5.41) is 2.84. The van der Waals surface area contributed by atoms with E-state index in [0.717, 1.165) is 5.69 Å². The number of carbonyl (C=O) groups excluding carboxylic acids is 1. The molecule has 4 heteroatoms. The van der Waals surface area contributed by atoms with Gasteiger partial charge in [0.25, 0.3) is 5.91 Å². The van der Waals surface area contributed by atoms with Crippen LogP contribution in [0.3, 0.4) is 0 Å². The van der Waals surface area contributed by atoms with Crippen LogP contribution in [0.25, 0.3) is 0 Å². The largest absolute Gasteiger partial charge is 0.399 e. The van der Waals surface area contributed by atoms with Crippen molar-refractivity contribution >= 4 is 23.0 Å². The van der Waals surface area contributed by atoms with E-state index in [1.165, 1.54) is 5.56 Å². The molecule has 0 saturated carbocycles. The SMILES string of the molecule is CC(C)(C)c1ccc(NC(=O)c2ccc(N)cc2N)cc1. The third kappa shape index (κ3) is 3.54. The van der Waals surface area contributed by atoms with Gasteiger partial charge in [0, 0.05) is 17.1 Å². The van der Waals surface area contributed by atoms with E-state index in [9.17, 15) is 4.79 Å². The van der Waals surface area contributed by atoms with Gasteiger partial charge in [0.1, 0.15) is 0 Å². The number of carbonyl (C=O) groups is 1. The lowest BCUT2D eigenvalue weighted by Crippen LogP contribution is -2.15. The van der Waals surface area contributed by atoms with Crippen LogP contribution in [0, 0.1) is 0 Å². The minimum absolute atomic E-state index is 0.0872. The monoisotopic (exact) mass is 283 g/mol. The molecule has 0 aliphatic heterocycles. The maximum Gasteiger partial charge on any atom is 0.257 e. The molecule has 4 nitrogen and oxygen atoms in total. The zero-order valence-electron chi connectivity index (χ0n) is 12.6. The Morgan fingerprint density at radius 2 is 1.62 bits per heavy atom. The molecule has 0 heterocycles. The van der Waals surface area contributed by atoms with Crippen LogP contribution in [0.5, 0.6) is 0 Å². The second-order valence-electron chi connectivity index (χ2n) is 6.13. The van der Waals surface area contributed by atoms with Crippen LogP contribution in [0.4, 0.5) is 17.1 Å². The second-order valence-corrected chi connectivity index (χ2v) is 6.13. The predicted molar refractivity (Wildman–Crippen MR) is 88.4 cm³/mol. The highest BCUT2D eigenvalue weighted by Gasteiger charge is 2.14. The Labute approximate surface area is 125 Å². The standard InChI is InChI=1S/C17H21N3O/c1-17(2,3)11-4-7-13(8-5-11)20-16(21)14-9-6-12(18)10-15(14)19/h4-10H,18-19H2,1-3H3,(H,20,21). The fraction of sp³-hybridized carbons (Fsp3) is 0.235. The third-order valence-corrected chi connectivity index (χ3v) is 3.33. The van der Waals surface area contributed by atoms with E-state index in [4.69, 9.17) is 11.5 Å². The van der Waals surface area contributed by atoms with Gasteiger partial charge in [-0.2, -0.15) is 0 Å². The van der Waals surface area contributed by atoms with Crippen LogP contribution in [0.1, 0.15) is 36.7 Å². The lowest BCUT2D eigenvalue weighted by molar-refractivity contribution is 0.102. The molecule has 0 saturated heterocycles. The Kier molecular flexibility index (Phi) is 3.89. The molecule has 0 aliphatic carbocycles. The quantitative estimate of drug-likeness (QED) is 0.739. The van der Waals surface area contributed by atoms with Crippen molar-refractivity contribution in [2.45, 2.75) is 26.2 Å². The molecule has 2 aromatic carbocycles. The number of nitrogens with one attached hydrogen (secondary N) is 1. The van der Waals surface area contributed by atoms with Gasteiger partial charge in [-0.3, -0.25) is 4.79 Å². The number of benzene rings is 2. The average molecular weight is 283 g/mol. The first-order valence-electron chi connectivity index (χ1n) is 6.84. The molecule has 0 radical (unpaired) electrons. The number of hydrogen-bond donors (Lipinski definition) is 3. The van der Waals surface area contributed by atoms with Crippen LogP contribution in [-0.4, -0.2) is 5.91 Å². The first-order chi connectivity index (χ1) is 9.77. The van der Waals surface area contributed by atoms with Gasteiger partial charge in [0.2, 0.25) is 0 Å². The molecule has 5 N–H and O–H groups in total. The summed E-state index contributed by atoms with van der Waals surface area (Å²) in [6, 6.07) is 12.7. The molecule has 0 aliphatic rings. The number of rotatable bonds is 2. The van der Waals surface area contributed by atoms with Crippen molar-refractivity contribution in [2.75, 3.05) is 16.8 Å². The highest BCUT2D eigenvalue weighted by molar-refractivity contribution is 6.08. The van der Waals surface area contributed by atoms with Crippen molar-refractivity contribution in [3.05, 3.63) is 53.6 Å². The summed E-state index contributed by atoms with van der Waals surface area (Å²) >= 11 is 0. The number of anilines is 3. The van der Waals surface area contributed by atoms with E-state index in [2.05, 4.69) is 26.1 Å². The molecule has 0 atom stereocenters. The molecule has 110 valence electrons. The molecule has 2 rings (SSSR count). The normalized spacial score (nSPS) is 11.2. The number of nitrogen functional groups attached to an aromatic ring is 2. The van der Waals surface area contributed by atoms with Gasteiger partial charge >= 0.3 is 0 Å². The van der Waals surface area contributed by atoms with Gasteiger partial charge < -0.3 is 16.8 Å². The molecule has 0 fully saturated rings. The highest BCUT2D eigenvalue weighted by Crippen LogP contribution is 2.24. The Balaban J connectivity index is 2.16. The smallest absolute Gasteiger partial charge is 0.257 e. The number of nitrogens with two attached hydrogens (primary N) is 2. The van der Waals surface area contributed by atoms with E-state index in [1.807, 2.05) is 24.3 Å². The van der Waals surface area contributed by atoms with Crippen LogP contribution in [-0.2, 0) is 5.41 Å². The van der Waals surface area contributed by atoms with E-state index < -0.39 is 0 Å². The molecule has 0 aromatic heterocycles. The molecule has 0 bridgehead atoms. The summed E-state index contributed by atoms with van der Waals surface area (Å²) in [5.41, 5.74) is 14.8. The molecule has 0 spiro atoms. The summed E-state index contributed by atoms with van der Waals surface area (Å²) in [6.45, 7) is 6.45. The van der Waals surface area contributed by atoms with E-state index in [-0.39, 0.29) is 11.3 Å². The van der Waals surface area contributed by atoms with Crippen molar-refractivity contribution < 1.29 is 4.79 Å². The predicted octanol–water partition coefficient (Wildman–Crippen LogP) is 3.40. The highest BCUT2D eigenvalue weighted by atomic mass is 16.1. The molecule has 21 heavy (non-hydrogen) atoms. The molecular weight excluding hydrogens is 262 g/mol. The van der Waals surface area contributed by atoms with Crippen molar-refractivity contribution in [3.8, 4) is 0 Å². The summed E-state index contributed by atoms with van der Waals surface area (Å²) < 4.78 is 0. The second kappa shape index (κ2) is 5.48. The molecule has 0 unspecified atom stereocenters. The molecule has 2 aromatic rings. The maximum absolute atomic E-state index is 12.2. The van der Waals surface area contributed by atoms with Gasteiger partial charge in [-0.25, -0.2) is 0 Å². The van der Waals surface area contributed by atoms with Crippen LogP contribution >= 0.6 is 0 Å². The summed E-state index contributed by atoms with van der Waals surface area (Å²) in [7, 11) is 0. The van der Waals surface area contributed by atoms with Crippen molar-refractivity contribution in [3.63, 3.8) is 0 Å². The minimum Gasteiger partial charge on any atom is -0.399 e. The first kappa shape index (κ1) is 14.9. The summed E-state index contributed by atoms with van der Waals surface area (Å²) in [4.78, 5) is 12.2. The molecular formula is C17H21N3O. The Bertz CT molecular complexity index is 655. The summed E-state index contributed by atoms with van der Waals surface area (Å²) in [5.74, 6) is -0.240. The lowest BCUT2D eigenvalue weighted by atomic mass is 9.87. The van der Waals surface area contributed by atoms with E-state index >= 15 is 0 Å². The van der Waals surface area contributed by atoms with Crippen molar-refractivity contribution in [2.24, 2.45) is 0 Å². The zero-order chi connectivity index (χ0) is 15.6. The van der Waals surface area contributed by atoms with Gasteiger partial charge in [0.05, 0.1) is 5.56 Å². The van der Waals surface area contributed by atoms with Crippen LogP contribution in [0.15, 0.2) is 42.5 Å². The number of hydrogen-bond acceptors (Lipinski definition) is 3. The van der Waals surface area contributed by atoms with Crippen LogP contribution in [0.2, 0.25) is 0 Å². The van der Waals surface area contributed by atoms with Crippen LogP contribution < -0.4 is 16.8 Å². The maximum atomic E-state index is 12.2. The van der Waals surface area contributed by atoms with E-state index in [0.29, 0.717) is 16.9 Å². The van der Waals surface area contributed by atoms with Crippen molar-refractivity contribution in [1.29, 1.82) is 0 Å². The summed E-state index contributed by atoms with van der Waals surface area (Å²) in [6.07, 6.45) is 0. The molecule has 1 amide bonds. The Morgan fingerprint density at radius 1 is 1.00 bits per heavy atom. The van der Waals surface area contributed by atoms with Gasteiger partial charge in [0.15, 0.2) is 0 Å². The lowest BCUT2D eigenvalue weighted by Gasteiger charge is -2.19. The zero-order valence-corrected chi connectivity index (χ0v) is 12.6. The minimum atomic E-state index is -0.240. The first-order valence-corrected chi connectivity index (χ1v) is 6.84. The Hall–Kier alpha value is -2.49. The fourth-order valence-electron chi connectivity index (χ4n) is 2.04.